The fourth-order valence-corrected chi connectivity index (χ4v) is 2.78. The molecular formula is C15H19BrN4O. The van der Waals surface area contributed by atoms with E-state index in [0.717, 1.165) is 23.1 Å². The normalized spacial score (nSPS) is 12.3. The maximum Gasteiger partial charge on any atom is 0.251 e. The molecule has 3 N–H and O–H groups in total. The molecule has 1 aromatic carbocycles. The van der Waals surface area contributed by atoms with E-state index in [1.165, 1.54) is 11.8 Å². The number of hydrogen-bond acceptors (Lipinski definition) is 3. The molecule has 1 aromatic heterocycles. The lowest BCUT2D eigenvalue weighted by Crippen LogP contribution is -2.19. The minimum absolute atomic E-state index is 0.271. The number of halogens is 1. The van der Waals surface area contributed by atoms with Crippen LogP contribution in [-0.4, -0.2) is 22.2 Å². The van der Waals surface area contributed by atoms with E-state index in [1.54, 1.807) is 10.9 Å². The topological polar surface area (TPSA) is 72.9 Å². The monoisotopic (exact) mass is 350 g/mol. The van der Waals surface area contributed by atoms with Crippen LogP contribution in [0.25, 0.3) is 5.69 Å². The fourth-order valence-electron chi connectivity index (χ4n) is 2.07. The molecule has 2 aromatic rings. The minimum Gasteiger partial charge on any atom is -0.366 e. The smallest absolute Gasteiger partial charge is 0.251 e. The highest BCUT2D eigenvalue weighted by atomic mass is 79.9. The Morgan fingerprint density at radius 2 is 2.29 bits per heavy atom. The molecule has 21 heavy (non-hydrogen) atoms. The van der Waals surface area contributed by atoms with E-state index in [0.29, 0.717) is 5.56 Å². The van der Waals surface area contributed by atoms with Crippen LogP contribution in [0.1, 0.15) is 42.2 Å². The Hall–Kier alpha value is -1.66. The largest absolute Gasteiger partial charge is 0.366 e. The number of hydrogen-bond donors (Lipinski definition) is 2. The number of amides is 1. The van der Waals surface area contributed by atoms with Crippen LogP contribution >= 0.6 is 15.9 Å². The third-order valence-electron chi connectivity index (χ3n) is 3.28. The summed E-state index contributed by atoms with van der Waals surface area (Å²) in [5.41, 5.74) is 7.70. The number of nitrogens with two attached hydrogens (primary N) is 1. The first kappa shape index (κ1) is 15.7. The van der Waals surface area contributed by atoms with Crippen molar-refractivity contribution in [1.82, 2.24) is 15.1 Å². The molecule has 1 unspecified atom stereocenters. The second kappa shape index (κ2) is 6.87. The van der Waals surface area contributed by atoms with E-state index >= 15 is 0 Å². The molecule has 0 saturated heterocycles. The summed E-state index contributed by atoms with van der Waals surface area (Å²) in [4.78, 5) is 11.1. The Balaban J connectivity index is 2.23. The Kier molecular flexibility index (Phi) is 5.14. The molecule has 1 atom stereocenters. The maximum absolute atomic E-state index is 11.1. The van der Waals surface area contributed by atoms with E-state index in [-0.39, 0.29) is 6.04 Å². The number of carbonyl (C=O) groups is 1. The van der Waals surface area contributed by atoms with Gasteiger partial charge in [0.15, 0.2) is 0 Å². The second-order valence-corrected chi connectivity index (χ2v) is 5.77. The van der Waals surface area contributed by atoms with E-state index in [1.807, 2.05) is 12.1 Å². The first-order valence-corrected chi connectivity index (χ1v) is 7.70. The molecule has 0 spiro atoms. The highest BCUT2D eigenvalue weighted by molar-refractivity contribution is 9.10. The van der Waals surface area contributed by atoms with Crippen LogP contribution in [0.5, 0.6) is 0 Å². The summed E-state index contributed by atoms with van der Waals surface area (Å²) in [6, 6.07) is 6.28. The predicted molar refractivity (Wildman–Crippen MR) is 86.5 cm³/mol. The fraction of sp³-hybridized carbons (Fsp3) is 0.333. The SMILES string of the molecule is CCCNC(C)c1ccc(-n2cc(C(N)=O)cn2)cc1Br. The van der Waals surface area contributed by atoms with Crippen LogP contribution in [0.3, 0.4) is 0 Å². The summed E-state index contributed by atoms with van der Waals surface area (Å²) in [5, 5.41) is 7.61. The van der Waals surface area contributed by atoms with Crippen LogP contribution in [-0.2, 0) is 0 Å². The van der Waals surface area contributed by atoms with E-state index in [4.69, 9.17) is 5.73 Å². The van der Waals surface area contributed by atoms with Gasteiger partial charge in [0.05, 0.1) is 17.4 Å². The van der Waals surface area contributed by atoms with Gasteiger partial charge in [0.25, 0.3) is 5.91 Å². The Morgan fingerprint density at radius 1 is 1.52 bits per heavy atom. The molecule has 0 aliphatic rings. The zero-order valence-corrected chi connectivity index (χ0v) is 13.7. The molecule has 1 amide bonds. The van der Waals surface area contributed by atoms with Crippen molar-refractivity contribution in [1.29, 1.82) is 0 Å². The standard InChI is InChI=1S/C15H19BrN4O/c1-3-6-18-10(2)13-5-4-12(7-14(13)16)20-9-11(8-19-20)15(17)21/h4-5,7-10,18H,3,6H2,1-2H3,(H2,17,21). The first-order chi connectivity index (χ1) is 10.0. The first-order valence-electron chi connectivity index (χ1n) is 6.90. The van der Waals surface area contributed by atoms with Crippen molar-refractivity contribution in [3.8, 4) is 5.69 Å². The number of benzene rings is 1. The summed E-state index contributed by atoms with van der Waals surface area (Å²) in [6.07, 6.45) is 4.20. The van der Waals surface area contributed by atoms with Crippen molar-refractivity contribution in [2.24, 2.45) is 5.73 Å². The van der Waals surface area contributed by atoms with Crippen LogP contribution in [0.15, 0.2) is 35.1 Å². The zero-order chi connectivity index (χ0) is 15.4. The number of primary amides is 1. The van der Waals surface area contributed by atoms with Gasteiger partial charge in [0.1, 0.15) is 0 Å². The van der Waals surface area contributed by atoms with E-state index in [9.17, 15) is 4.79 Å². The van der Waals surface area contributed by atoms with Gasteiger partial charge in [-0.3, -0.25) is 4.79 Å². The van der Waals surface area contributed by atoms with Gasteiger partial charge >= 0.3 is 0 Å². The van der Waals surface area contributed by atoms with Gasteiger partial charge in [-0.2, -0.15) is 5.10 Å². The van der Waals surface area contributed by atoms with Gasteiger partial charge < -0.3 is 11.1 Å². The third-order valence-corrected chi connectivity index (χ3v) is 3.97. The number of aromatic nitrogens is 2. The lowest BCUT2D eigenvalue weighted by molar-refractivity contribution is 0.100. The molecule has 5 nitrogen and oxygen atoms in total. The molecule has 0 aliphatic carbocycles. The van der Waals surface area contributed by atoms with Crippen LogP contribution in [0.2, 0.25) is 0 Å². The van der Waals surface area contributed by atoms with Crippen molar-refractivity contribution in [2.45, 2.75) is 26.3 Å². The number of nitrogens with zero attached hydrogens (tertiary/aromatic N) is 2. The third kappa shape index (κ3) is 3.71. The average molecular weight is 351 g/mol. The minimum atomic E-state index is -0.477. The van der Waals surface area contributed by atoms with Crippen molar-refractivity contribution in [3.63, 3.8) is 0 Å². The Morgan fingerprint density at radius 3 is 2.86 bits per heavy atom. The van der Waals surface area contributed by atoms with E-state index in [2.05, 4.69) is 46.3 Å². The van der Waals surface area contributed by atoms with Gasteiger partial charge in [-0.15, -0.1) is 0 Å². The summed E-state index contributed by atoms with van der Waals surface area (Å²) < 4.78 is 2.64. The Labute approximate surface area is 132 Å². The van der Waals surface area contributed by atoms with Crippen molar-refractivity contribution in [2.75, 3.05) is 6.54 Å². The predicted octanol–water partition coefficient (Wildman–Crippen LogP) is 2.79. The molecule has 0 fully saturated rings. The Bertz CT molecular complexity index is 638. The number of rotatable bonds is 6. The number of nitrogens with one attached hydrogen (secondary N) is 1. The van der Waals surface area contributed by atoms with E-state index < -0.39 is 5.91 Å². The van der Waals surface area contributed by atoms with Crippen molar-refractivity contribution in [3.05, 3.63) is 46.2 Å². The summed E-state index contributed by atoms with van der Waals surface area (Å²) in [7, 11) is 0. The molecule has 0 saturated carbocycles. The van der Waals surface area contributed by atoms with Crippen molar-refractivity contribution >= 4 is 21.8 Å². The number of carbonyl (C=O) groups excluding carboxylic acids is 1. The molecule has 1 heterocycles. The zero-order valence-electron chi connectivity index (χ0n) is 12.1. The highest BCUT2D eigenvalue weighted by Crippen LogP contribution is 2.26. The molecule has 2 rings (SSSR count). The van der Waals surface area contributed by atoms with Gasteiger partial charge in [-0.25, -0.2) is 4.68 Å². The van der Waals surface area contributed by atoms with Crippen molar-refractivity contribution < 1.29 is 4.79 Å². The lowest BCUT2D eigenvalue weighted by Gasteiger charge is -2.16. The molecule has 0 radical (unpaired) electrons. The summed E-state index contributed by atoms with van der Waals surface area (Å²) >= 11 is 3.60. The quantitative estimate of drug-likeness (QED) is 0.841. The van der Waals surface area contributed by atoms with Gasteiger partial charge in [0.2, 0.25) is 0 Å². The van der Waals surface area contributed by atoms with Crippen LogP contribution in [0.4, 0.5) is 0 Å². The molecule has 6 heteroatoms. The summed E-state index contributed by atoms with van der Waals surface area (Å²) in [5.74, 6) is -0.477. The second-order valence-electron chi connectivity index (χ2n) is 4.92. The average Bonchev–Trinajstić information content (AvgIpc) is 2.94. The molecule has 0 bridgehead atoms. The van der Waals surface area contributed by atoms with Gasteiger partial charge in [-0.1, -0.05) is 28.9 Å². The van der Waals surface area contributed by atoms with Gasteiger partial charge in [-0.05, 0) is 37.6 Å². The lowest BCUT2D eigenvalue weighted by atomic mass is 10.1. The van der Waals surface area contributed by atoms with Crippen LogP contribution < -0.4 is 11.1 Å². The van der Waals surface area contributed by atoms with Crippen LogP contribution in [0, 0.1) is 0 Å². The van der Waals surface area contributed by atoms with Gasteiger partial charge in [0, 0.05) is 16.7 Å². The molecule has 112 valence electrons. The highest BCUT2D eigenvalue weighted by Gasteiger charge is 2.11. The summed E-state index contributed by atoms with van der Waals surface area (Å²) in [6.45, 7) is 5.26. The molecule has 0 aliphatic heterocycles. The maximum atomic E-state index is 11.1. The molecular weight excluding hydrogens is 332 g/mol.